The van der Waals surface area contributed by atoms with Gasteiger partial charge in [0.2, 0.25) is 11.8 Å². The van der Waals surface area contributed by atoms with E-state index in [4.69, 9.17) is 47.4 Å². The third-order valence-electron chi connectivity index (χ3n) is 7.80. The maximum absolute atomic E-state index is 13.4. The number of rotatable bonds is 7. The van der Waals surface area contributed by atoms with Crippen molar-refractivity contribution >= 4 is 23.2 Å². The van der Waals surface area contributed by atoms with Crippen LogP contribution in [0.1, 0.15) is 26.7 Å². The Labute approximate surface area is 294 Å². The van der Waals surface area contributed by atoms with Crippen molar-refractivity contribution in [3.8, 4) is 23.0 Å². The van der Waals surface area contributed by atoms with Gasteiger partial charge in [-0.25, -0.2) is 0 Å². The van der Waals surface area contributed by atoms with Crippen molar-refractivity contribution in [1.29, 1.82) is 0 Å². The molecule has 2 heterocycles. The number of nitrogens with one attached hydrogen (secondary N) is 2. The average Bonchev–Trinajstić information content (AvgIpc) is 3.13. The molecule has 0 radical (unpaired) electrons. The van der Waals surface area contributed by atoms with Gasteiger partial charge in [0, 0.05) is 35.3 Å². The van der Waals surface area contributed by atoms with Crippen LogP contribution in [-0.4, -0.2) is 118 Å². The highest BCUT2D eigenvalue weighted by molar-refractivity contribution is 5.95. The topological polar surface area (TPSA) is 150 Å². The maximum Gasteiger partial charge on any atom is 0.227 e. The first kappa shape index (κ1) is 39.1. The Morgan fingerprint density at radius 3 is 1.24 bits per heavy atom. The molecule has 0 saturated carbocycles. The molecular weight excluding hydrogens is 652 g/mol. The van der Waals surface area contributed by atoms with Crippen molar-refractivity contribution in [3.05, 3.63) is 36.4 Å². The van der Waals surface area contributed by atoms with Crippen LogP contribution in [0.15, 0.2) is 36.4 Å². The van der Waals surface area contributed by atoms with E-state index in [0.29, 0.717) is 153 Å². The van der Waals surface area contributed by atoms with Gasteiger partial charge in [-0.3, -0.25) is 9.59 Å². The van der Waals surface area contributed by atoms with Gasteiger partial charge in [-0.15, -0.1) is 0 Å². The number of carbonyl (C=O) groups is 2. The van der Waals surface area contributed by atoms with E-state index >= 15 is 0 Å². The molecule has 14 nitrogen and oxygen atoms in total. The fourth-order valence-corrected chi connectivity index (χ4v) is 5.06. The molecule has 4 rings (SSSR count). The van der Waals surface area contributed by atoms with E-state index < -0.39 is 11.8 Å². The standard InChI is InChI=1S/C36H52N2O12/c1-3-28(36(40)38-30-5-7-32-34(26-30)50-23-19-46-15-11-42-9-13-44-17-21-48-32)24-27(2)35(39)37-29-4-6-31-33(25-29)49-22-18-45-14-10-41-8-12-43-16-20-47-31/h4-7,25-28H,3,8-24H2,1-2H3,(H,37,39)(H,38,40). The molecule has 2 N–H and O–H groups in total. The smallest absolute Gasteiger partial charge is 0.227 e. The molecule has 2 aromatic rings. The molecule has 0 aliphatic carbocycles. The molecule has 0 fully saturated rings. The maximum atomic E-state index is 13.4. The van der Waals surface area contributed by atoms with Gasteiger partial charge >= 0.3 is 0 Å². The van der Waals surface area contributed by atoms with Gasteiger partial charge < -0.3 is 58.0 Å². The Morgan fingerprint density at radius 2 is 0.860 bits per heavy atom. The number of anilines is 2. The molecule has 2 unspecified atom stereocenters. The lowest BCUT2D eigenvalue weighted by molar-refractivity contribution is -0.122. The Balaban J connectivity index is 1.32. The van der Waals surface area contributed by atoms with Crippen LogP contribution in [-0.2, 0) is 38.0 Å². The molecular formula is C36H52N2O12. The second-order valence-electron chi connectivity index (χ2n) is 11.6. The predicted molar refractivity (Wildman–Crippen MR) is 185 cm³/mol. The van der Waals surface area contributed by atoms with E-state index in [2.05, 4.69) is 10.6 Å². The first-order valence-electron chi connectivity index (χ1n) is 17.4. The zero-order chi connectivity index (χ0) is 35.2. The molecule has 0 bridgehead atoms. The summed E-state index contributed by atoms with van der Waals surface area (Å²) in [5, 5.41) is 5.95. The number of amides is 2. The molecule has 0 spiro atoms. The van der Waals surface area contributed by atoms with Crippen molar-refractivity contribution in [2.75, 3.05) is 116 Å². The van der Waals surface area contributed by atoms with Crippen LogP contribution in [0.3, 0.4) is 0 Å². The molecule has 0 saturated heterocycles. The van der Waals surface area contributed by atoms with Gasteiger partial charge in [0.15, 0.2) is 23.0 Å². The first-order chi connectivity index (χ1) is 24.5. The molecule has 50 heavy (non-hydrogen) atoms. The Kier molecular flexibility index (Phi) is 18.0. The van der Waals surface area contributed by atoms with Gasteiger partial charge in [-0.05, 0) is 37.1 Å². The zero-order valence-corrected chi connectivity index (χ0v) is 29.2. The lowest BCUT2D eigenvalue weighted by atomic mass is 9.92. The molecule has 0 aromatic heterocycles. The largest absolute Gasteiger partial charge is 0.487 e. The summed E-state index contributed by atoms with van der Waals surface area (Å²) in [4.78, 5) is 26.7. The summed E-state index contributed by atoms with van der Waals surface area (Å²) in [6, 6.07) is 10.5. The van der Waals surface area contributed by atoms with E-state index in [1.807, 2.05) is 13.8 Å². The summed E-state index contributed by atoms with van der Waals surface area (Å²) in [5.74, 6) is 0.784. The molecule has 2 atom stereocenters. The van der Waals surface area contributed by atoms with E-state index in [1.165, 1.54) is 0 Å². The number of benzene rings is 2. The highest BCUT2D eigenvalue weighted by Crippen LogP contribution is 2.33. The van der Waals surface area contributed by atoms with Crippen LogP contribution < -0.4 is 29.6 Å². The quantitative estimate of drug-likeness (QED) is 0.430. The molecule has 2 aliphatic heterocycles. The van der Waals surface area contributed by atoms with Crippen LogP contribution >= 0.6 is 0 Å². The van der Waals surface area contributed by atoms with E-state index in [1.54, 1.807) is 36.4 Å². The molecule has 14 heteroatoms. The van der Waals surface area contributed by atoms with Crippen molar-refractivity contribution in [2.45, 2.75) is 26.7 Å². The van der Waals surface area contributed by atoms with Gasteiger partial charge in [-0.2, -0.15) is 0 Å². The van der Waals surface area contributed by atoms with Crippen LogP contribution in [0.25, 0.3) is 0 Å². The Hall–Kier alpha value is -3.66. The minimum Gasteiger partial charge on any atom is -0.487 e. The monoisotopic (exact) mass is 704 g/mol. The van der Waals surface area contributed by atoms with E-state index in [-0.39, 0.29) is 11.8 Å². The summed E-state index contributed by atoms with van der Waals surface area (Å²) in [7, 11) is 0. The van der Waals surface area contributed by atoms with Crippen LogP contribution in [0.2, 0.25) is 0 Å². The van der Waals surface area contributed by atoms with Gasteiger partial charge in [-0.1, -0.05) is 13.8 Å². The van der Waals surface area contributed by atoms with Crippen molar-refractivity contribution in [3.63, 3.8) is 0 Å². The number of hydrogen-bond donors (Lipinski definition) is 2. The summed E-state index contributed by atoms with van der Waals surface area (Å²) in [6.45, 7) is 10.4. The van der Waals surface area contributed by atoms with Gasteiger partial charge in [0.1, 0.15) is 26.4 Å². The van der Waals surface area contributed by atoms with Crippen LogP contribution in [0.5, 0.6) is 23.0 Å². The minimum atomic E-state index is -0.452. The third kappa shape index (κ3) is 14.3. The number of hydrogen-bond acceptors (Lipinski definition) is 12. The molecule has 2 aliphatic rings. The predicted octanol–water partition coefficient (Wildman–Crippen LogP) is 3.96. The second-order valence-corrected chi connectivity index (χ2v) is 11.6. The third-order valence-corrected chi connectivity index (χ3v) is 7.80. The summed E-state index contributed by atoms with van der Waals surface area (Å²) in [5.41, 5.74) is 1.11. The Morgan fingerprint density at radius 1 is 0.520 bits per heavy atom. The van der Waals surface area contributed by atoms with E-state index in [0.717, 1.165) is 0 Å². The van der Waals surface area contributed by atoms with Crippen LogP contribution in [0, 0.1) is 11.8 Å². The van der Waals surface area contributed by atoms with Crippen molar-refractivity contribution < 1.29 is 57.0 Å². The summed E-state index contributed by atoms with van der Waals surface area (Å²) >= 11 is 0. The summed E-state index contributed by atoms with van der Waals surface area (Å²) in [6.07, 6.45) is 0.905. The number of fused-ring (bicyclic) bond motifs is 2. The van der Waals surface area contributed by atoms with Crippen molar-refractivity contribution in [2.24, 2.45) is 11.8 Å². The van der Waals surface area contributed by atoms with Crippen LogP contribution in [0.4, 0.5) is 11.4 Å². The highest BCUT2D eigenvalue weighted by atomic mass is 16.6. The van der Waals surface area contributed by atoms with Gasteiger partial charge in [0.25, 0.3) is 0 Å². The molecule has 2 aromatic carbocycles. The molecule has 2 amide bonds. The summed E-state index contributed by atoms with van der Waals surface area (Å²) < 4.78 is 56.7. The first-order valence-corrected chi connectivity index (χ1v) is 17.4. The molecule has 278 valence electrons. The van der Waals surface area contributed by atoms with E-state index in [9.17, 15) is 9.59 Å². The SMILES string of the molecule is CCC(CC(C)C(=O)Nc1ccc2c(c1)OCCOCCOCCOCCO2)C(=O)Nc1ccc2c(c1)OCCOCCOCCOCCO2. The average molecular weight is 705 g/mol. The fourth-order valence-electron chi connectivity index (χ4n) is 5.06. The minimum absolute atomic E-state index is 0.188. The highest BCUT2D eigenvalue weighted by Gasteiger charge is 2.24. The number of ether oxygens (including phenoxy) is 10. The lowest BCUT2D eigenvalue weighted by Crippen LogP contribution is -2.28. The normalized spacial score (nSPS) is 18.8. The lowest BCUT2D eigenvalue weighted by Gasteiger charge is -2.20. The fraction of sp³-hybridized carbons (Fsp3) is 0.611. The van der Waals surface area contributed by atoms with Gasteiger partial charge in [0.05, 0.1) is 79.3 Å². The zero-order valence-electron chi connectivity index (χ0n) is 29.2. The Bertz CT molecular complexity index is 1300. The second kappa shape index (κ2) is 22.9. The van der Waals surface area contributed by atoms with Crippen molar-refractivity contribution in [1.82, 2.24) is 0 Å². The number of carbonyl (C=O) groups excluding carboxylic acids is 2.